The van der Waals surface area contributed by atoms with Crippen LogP contribution >= 0.6 is 0 Å². The first-order valence-electron chi connectivity index (χ1n) is 13.2. The monoisotopic (exact) mass is 524 g/mol. The maximum absolute atomic E-state index is 12.9. The number of unbranched alkanes of at least 4 members (excludes halogenated alkanes) is 3. The SMILES string of the molecule is CC(=N)C1(C(=O)CCCS(=O)(=O)C2CC2)CC1C=CCCCCCC(NC(=O)OC(C)(C)C)C(C)=O. The highest BCUT2D eigenvalue weighted by Gasteiger charge is 2.59. The molecule has 2 aliphatic rings. The zero-order chi connectivity index (χ0) is 27.1. The lowest BCUT2D eigenvalue weighted by Crippen LogP contribution is -2.42. The topological polar surface area (TPSA) is 130 Å². The van der Waals surface area contributed by atoms with Crippen molar-refractivity contribution in [1.82, 2.24) is 5.32 Å². The second kappa shape index (κ2) is 12.5. The third-order valence-electron chi connectivity index (χ3n) is 6.96. The number of ether oxygens (including phenoxy) is 1. The van der Waals surface area contributed by atoms with Crippen LogP contribution in [0.2, 0.25) is 0 Å². The van der Waals surface area contributed by atoms with E-state index >= 15 is 0 Å². The first-order valence-corrected chi connectivity index (χ1v) is 14.9. The standard InChI is InChI=1S/C27H44N2O6S/c1-19(30)23(29-25(32)35-26(3,4)5)13-10-8-6-7-9-12-21-18-27(21,20(2)28)24(31)14-11-17-36(33,34)22-15-16-22/h9,12,21-23,28H,6-8,10-11,13-18H2,1-5H3,(H,29,32). The highest BCUT2D eigenvalue weighted by molar-refractivity contribution is 7.92. The van der Waals surface area contributed by atoms with Crippen LogP contribution in [0.15, 0.2) is 12.2 Å². The number of amides is 1. The van der Waals surface area contributed by atoms with Gasteiger partial charge in [0.15, 0.2) is 15.6 Å². The van der Waals surface area contributed by atoms with E-state index < -0.39 is 33.0 Å². The number of Topliss-reactive ketones (excluding diaryl/α,β-unsaturated/α-hetero) is 2. The van der Waals surface area contributed by atoms with E-state index in [0.717, 1.165) is 38.5 Å². The molecule has 0 aromatic heterocycles. The molecular formula is C27H44N2O6S. The number of ketones is 2. The maximum Gasteiger partial charge on any atom is 0.408 e. The third kappa shape index (κ3) is 9.12. The molecule has 0 spiro atoms. The Labute approximate surface area is 216 Å². The molecule has 2 aliphatic carbocycles. The lowest BCUT2D eigenvalue weighted by atomic mass is 9.90. The van der Waals surface area contributed by atoms with E-state index in [9.17, 15) is 22.8 Å². The molecule has 2 fully saturated rings. The summed E-state index contributed by atoms with van der Waals surface area (Å²) in [6, 6.07) is -0.552. The smallest absolute Gasteiger partial charge is 0.408 e. The molecule has 0 heterocycles. The van der Waals surface area contributed by atoms with Gasteiger partial charge in [-0.25, -0.2) is 13.2 Å². The van der Waals surface area contributed by atoms with Gasteiger partial charge in [-0.2, -0.15) is 0 Å². The van der Waals surface area contributed by atoms with Gasteiger partial charge in [0.1, 0.15) is 11.4 Å². The van der Waals surface area contributed by atoms with Crippen molar-refractivity contribution in [2.24, 2.45) is 11.3 Å². The van der Waals surface area contributed by atoms with Crippen LogP contribution in [0.25, 0.3) is 0 Å². The van der Waals surface area contributed by atoms with Crippen molar-refractivity contribution in [2.45, 2.75) is 116 Å². The third-order valence-corrected chi connectivity index (χ3v) is 9.30. The first kappa shape index (κ1) is 30.2. The summed E-state index contributed by atoms with van der Waals surface area (Å²) in [4.78, 5) is 36.7. The highest BCUT2D eigenvalue weighted by Crippen LogP contribution is 2.55. The second-order valence-electron chi connectivity index (χ2n) is 11.4. The number of carbonyl (C=O) groups excluding carboxylic acids is 3. The Kier molecular flexibility index (Phi) is 10.5. The second-order valence-corrected chi connectivity index (χ2v) is 13.8. The fraction of sp³-hybridized carbons (Fsp3) is 0.778. The molecular weight excluding hydrogens is 480 g/mol. The van der Waals surface area contributed by atoms with E-state index in [4.69, 9.17) is 10.1 Å². The quantitative estimate of drug-likeness (QED) is 0.167. The molecule has 0 radical (unpaired) electrons. The zero-order valence-electron chi connectivity index (χ0n) is 22.5. The lowest BCUT2D eigenvalue weighted by molar-refractivity contribution is -0.122. The molecule has 3 unspecified atom stereocenters. The number of sulfone groups is 1. The summed E-state index contributed by atoms with van der Waals surface area (Å²) in [5.41, 5.74) is -1.00. The molecule has 1 amide bonds. The van der Waals surface area contributed by atoms with Crippen molar-refractivity contribution < 1.29 is 27.5 Å². The van der Waals surface area contributed by atoms with Crippen LogP contribution in [0.1, 0.15) is 98.8 Å². The summed E-state index contributed by atoms with van der Waals surface area (Å²) in [5.74, 6) is -0.0248. The Morgan fingerprint density at radius 3 is 2.33 bits per heavy atom. The van der Waals surface area contributed by atoms with Crippen LogP contribution < -0.4 is 5.32 Å². The molecule has 8 nitrogen and oxygen atoms in total. The summed E-state index contributed by atoms with van der Waals surface area (Å²) in [6.45, 7) is 8.46. The molecule has 204 valence electrons. The molecule has 0 aromatic carbocycles. The van der Waals surface area contributed by atoms with Gasteiger partial charge < -0.3 is 15.5 Å². The van der Waals surface area contributed by atoms with Crippen LogP contribution in [0.3, 0.4) is 0 Å². The number of alkyl carbamates (subject to hydrolysis) is 1. The number of rotatable bonds is 16. The van der Waals surface area contributed by atoms with Crippen molar-refractivity contribution in [3.05, 3.63) is 12.2 Å². The Bertz CT molecular complexity index is 961. The minimum Gasteiger partial charge on any atom is -0.444 e. The predicted octanol–water partition coefficient (Wildman–Crippen LogP) is 4.95. The van der Waals surface area contributed by atoms with E-state index in [1.165, 1.54) is 6.92 Å². The van der Waals surface area contributed by atoms with Gasteiger partial charge in [0.25, 0.3) is 0 Å². The Morgan fingerprint density at radius 2 is 1.78 bits per heavy atom. The molecule has 2 rings (SSSR count). The molecule has 2 saturated carbocycles. The van der Waals surface area contributed by atoms with Gasteiger partial charge in [-0.15, -0.1) is 0 Å². The Morgan fingerprint density at radius 1 is 1.11 bits per heavy atom. The van der Waals surface area contributed by atoms with Crippen LogP contribution in [-0.2, 0) is 24.2 Å². The highest BCUT2D eigenvalue weighted by atomic mass is 32.2. The van der Waals surface area contributed by atoms with E-state index in [-0.39, 0.29) is 34.9 Å². The van der Waals surface area contributed by atoms with E-state index in [2.05, 4.69) is 11.4 Å². The molecule has 0 aliphatic heterocycles. The summed E-state index contributed by atoms with van der Waals surface area (Å²) in [5, 5.41) is 10.6. The van der Waals surface area contributed by atoms with Gasteiger partial charge in [0, 0.05) is 12.1 Å². The van der Waals surface area contributed by atoms with Crippen LogP contribution in [-0.4, -0.2) is 54.4 Å². The Hall–Kier alpha value is -2.03. The minimum absolute atomic E-state index is 0.0107. The molecule has 9 heteroatoms. The van der Waals surface area contributed by atoms with Gasteiger partial charge >= 0.3 is 6.09 Å². The number of allylic oxidation sites excluding steroid dienone is 2. The molecule has 0 bridgehead atoms. The average molecular weight is 525 g/mol. The van der Waals surface area contributed by atoms with Gasteiger partial charge in [-0.1, -0.05) is 25.0 Å². The van der Waals surface area contributed by atoms with Crippen molar-refractivity contribution >= 4 is 33.2 Å². The number of nitrogens with one attached hydrogen (secondary N) is 2. The van der Waals surface area contributed by atoms with Crippen LogP contribution in [0.5, 0.6) is 0 Å². The van der Waals surface area contributed by atoms with Crippen molar-refractivity contribution in [1.29, 1.82) is 5.41 Å². The fourth-order valence-electron chi connectivity index (χ4n) is 4.61. The van der Waals surface area contributed by atoms with Gasteiger partial charge in [0.05, 0.1) is 22.5 Å². The minimum atomic E-state index is -3.06. The molecule has 2 N–H and O–H groups in total. The molecule has 0 saturated heterocycles. The fourth-order valence-corrected chi connectivity index (χ4v) is 6.34. The van der Waals surface area contributed by atoms with Crippen LogP contribution in [0, 0.1) is 16.7 Å². The normalized spacial score (nSPS) is 22.8. The zero-order valence-corrected chi connectivity index (χ0v) is 23.3. The van der Waals surface area contributed by atoms with Gasteiger partial charge in [-0.3, -0.25) is 9.59 Å². The van der Waals surface area contributed by atoms with Crippen molar-refractivity contribution in [3.8, 4) is 0 Å². The van der Waals surface area contributed by atoms with E-state index in [0.29, 0.717) is 25.0 Å². The van der Waals surface area contributed by atoms with E-state index in [1.807, 2.05) is 6.08 Å². The first-order chi connectivity index (χ1) is 16.7. The van der Waals surface area contributed by atoms with Gasteiger partial charge in [-0.05, 0) is 85.5 Å². The molecule has 36 heavy (non-hydrogen) atoms. The largest absolute Gasteiger partial charge is 0.444 e. The summed E-state index contributed by atoms with van der Waals surface area (Å²) < 4.78 is 29.3. The maximum atomic E-state index is 12.9. The Balaban J connectivity index is 1.69. The molecule has 0 aromatic rings. The number of hydrogen-bond acceptors (Lipinski definition) is 7. The summed E-state index contributed by atoms with van der Waals surface area (Å²) in [6.07, 6.45) is 10.2. The summed E-state index contributed by atoms with van der Waals surface area (Å²) >= 11 is 0. The van der Waals surface area contributed by atoms with Gasteiger partial charge in [0.2, 0.25) is 0 Å². The predicted molar refractivity (Wildman–Crippen MR) is 141 cm³/mol. The van der Waals surface area contributed by atoms with Crippen molar-refractivity contribution in [3.63, 3.8) is 0 Å². The van der Waals surface area contributed by atoms with Crippen molar-refractivity contribution in [2.75, 3.05) is 5.75 Å². The summed E-state index contributed by atoms with van der Waals surface area (Å²) in [7, 11) is -3.06. The number of hydrogen-bond donors (Lipinski definition) is 2. The lowest BCUT2D eigenvalue weighted by Gasteiger charge is -2.22. The van der Waals surface area contributed by atoms with Crippen LogP contribution in [0.4, 0.5) is 4.79 Å². The molecule has 3 atom stereocenters. The van der Waals surface area contributed by atoms with E-state index in [1.54, 1.807) is 27.7 Å². The number of carbonyl (C=O) groups is 3. The average Bonchev–Trinajstić information content (AvgIpc) is 3.64.